The van der Waals surface area contributed by atoms with Crippen LogP contribution in [0.2, 0.25) is 0 Å². The summed E-state index contributed by atoms with van der Waals surface area (Å²) < 4.78 is 0. The molecule has 0 aliphatic carbocycles. The largest absolute Gasteiger partial charge is 0.316 e. The number of hydrogen-bond acceptors (Lipinski definition) is 2. The van der Waals surface area contributed by atoms with Gasteiger partial charge in [-0.2, -0.15) is 11.8 Å². The molecule has 1 heterocycles. The minimum atomic E-state index is 0.751. The summed E-state index contributed by atoms with van der Waals surface area (Å²) in [5, 5.41) is 4.38. The molecular weight excluding hydrogens is 202 g/mol. The van der Waals surface area contributed by atoms with Gasteiger partial charge in [-0.3, -0.25) is 0 Å². The fraction of sp³-hybridized carbons (Fsp3) is 0.846. The number of allylic oxidation sites excluding steroid dienone is 1. The summed E-state index contributed by atoms with van der Waals surface area (Å²) in [5.41, 5.74) is 0. The van der Waals surface area contributed by atoms with Crippen LogP contribution in [0.4, 0.5) is 0 Å². The van der Waals surface area contributed by atoms with Gasteiger partial charge in [-0.05, 0) is 44.9 Å². The van der Waals surface area contributed by atoms with Gasteiger partial charge in [-0.25, -0.2) is 0 Å². The first kappa shape index (κ1) is 13.1. The van der Waals surface area contributed by atoms with Gasteiger partial charge in [0.25, 0.3) is 0 Å². The van der Waals surface area contributed by atoms with E-state index in [0.717, 1.165) is 11.3 Å². The predicted octanol–water partition coefficient (Wildman–Crippen LogP) is 3.61. The van der Waals surface area contributed by atoms with Crippen molar-refractivity contribution in [1.82, 2.24) is 5.32 Å². The van der Waals surface area contributed by atoms with E-state index in [1.807, 2.05) is 6.08 Å². The quantitative estimate of drug-likeness (QED) is 0.502. The first-order valence-electron chi connectivity index (χ1n) is 6.28. The third-order valence-electron chi connectivity index (χ3n) is 3.21. The van der Waals surface area contributed by atoms with E-state index in [-0.39, 0.29) is 0 Å². The zero-order valence-electron chi connectivity index (χ0n) is 10.0. The Labute approximate surface area is 99.1 Å². The number of rotatable bonds is 8. The summed E-state index contributed by atoms with van der Waals surface area (Å²) in [6, 6.07) is 0.751. The van der Waals surface area contributed by atoms with Crippen molar-refractivity contribution in [3.8, 4) is 0 Å². The smallest absolute Gasteiger partial charge is 0.0201 e. The average molecular weight is 227 g/mol. The SMILES string of the molecule is C=CCCCCCC(NC)C1CCCS1. The molecular formula is C13H25NS. The summed E-state index contributed by atoms with van der Waals surface area (Å²) in [4.78, 5) is 0. The Morgan fingerprint density at radius 1 is 1.47 bits per heavy atom. The minimum Gasteiger partial charge on any atom is -0.316 e. The van der Waals surface area contributed by atoms with E-state index in [1.54, 1.807) is 0 Å². The molecule has 0 spiro atoms. The third kappa shape index (κ3) is 5.07. The van der Waals surface area contributed by atoms with Crippen LogP contribution in [-0.4, -0.2) is 24.1 Å². The maximum absolute atomic E-state index is 3.76. The lowest BCUT2D eigenvalue weighted by Gasteiger charge is -2.22. The zero-order valence-corrected chi connectivity index (χ0v) is 10.8. The van der Waals surface area contributed by atoms with Gasteiger partial charge in [0.05, 0.1) is 0 Å². The summed E-state index contributed by atoms with van der Waals surface area (Å²) in [6.07, 6.45) is 11.5. The fourth-order valence-electron chi connectivity index (χ4n) is 2.27. The third-order valence-corrected chi connectivity index (χ3v) is 4.72. The normalized spacial score (nSPS) is 22.9. The van der Waals surface area contributed by atoms with Crippen molar-refractivity contribution < 1.29 is 0 Å². The van der Waals surface area contributed by atoms with Crippen molar-refractivity contribution in [2.75, 3.05) is 12.8 Å². The second kappa shape index (κ2) is 8.23. The van der Waals surface area contributed by atoms with Crippen LogP contribution < -0.4 is 5.32 Å². The Morgan fingerprint density at radius 2 is 2.33 bits per heavy atom. The van der Waals surface area contributed by atoms with Crippen LogP contribution in [0, 0.1) is 0 Å². The number of hydrogen-bond donors (Lipinski definition) is 1. The molecule has 2 heteroatoms. The van der Waals surface area contributed by atoms with Crippen LogP contribution in [0.5, 0.6) is 0 Å². The van der Waals surface area contributed by atoms with Gasteiger partial charge in [0.2, 0.25) is 0 Å². The van der Waals surface area contributed by atoms with Crippen molar-refractivity contribution in [2.45, 2.75) is 56.2 Å². The molecule has 0 amide bonds. The molecule has 1 aliphatic heterocycles. The topological polar surface area (TPSA) is 12.0 Å². The highest BCUT2D eigenvalue weighted by atomic mass is 32.2. The van der Waals surface area contributed by atoms with Crippen molar-refractivity contribution in [1.29, 1.82) is 0 Å². The Kier molecular flexibility index (Phi) is 7.20. The molecule has 0 aromatic rings. The highest BCUT2D eigenvalue weighted by Gasteiger charge is 2.23. The van der Waals surface area contributed by atoms with Crippen molar-refractivity contribution in [2.24, 2.45) is 0 Å². The van der Waals surface area contributed by atoms with Crippen LogP contribution in [0.25, 0.3) is 0 Å². The van der Waals surface area contributed by atoms with Gasteiger partial charge in [0.15, 0.2) is 0 Å². The molecule has 1 N–H and O–H groups in total. The zero-order chi connectivity index (χ0) is 10.9. The second-order valence-electron chi connectivity index (χ2n) is 4.37. The van der Waals surface area contributed by atoms with Crippen LogP contribution in [-0.2, 0) is 0 Å². The standard InChI is InChI=1S/C13H25NS/c1-3-4-5-6-7-9-12(14-2)13-10-8-11-15-13/h3,12-14H,1,4-11H2,2H3. The van der Waals surface area contributed by atoms with E-state index < -0.39 is 0 Å². The van der Waals surface area contributed by atoms with Gasteiger partial charge >= 0.3 is 0 Å². The van der Waals surface area contributed by atoms with Gasteiger partial charge in [0, 0.05) is 11.3 Å². The summed E-state index contributed by atoms with van der Waals surface area (Å²) >= 11 is 2.16. The van der Waals surface area contributed by atoms with E-state index >= 15 is 0 Å². The molecule has 0 saturated carbocycles. The van der Waals surface area contributed by atoms with Crippen LogP contribution in [0.15, 0.2) is 12.7 Å². The van der Waals surface area contributed by atoms with Crippen molar-refractivity contribution in [3.05, 3.63) is 12.7 Å². The van der Waals surface area contributed by atoms with Crippen molar-refractivity contribution >= 4 is 11.8 Å². The average Bonchev–Trinajstić information content (AvgIpc) is 2.77. The molecule has 0 radical (unpaired) electrons. The molecule has 0 aromatic heterocycles. The lowest BCUT2D eigenvalue weighted by atomic mass is 10.0. The first-order valence-corrected chi connectivity index (χ1v) is 7.33. The lowest BCUT2D eigenvalue weighted by Crippen LogP contribution is -2.34. The predicted molar refractivity (Wildman–Crippen MR) is 71.6 cm³/mol. The molecule has 1 nitrogen and oxygen atoms in total. The Hall–Kier alpha value is 0.0500. The van der Waals surface area contributed by atoms with E-state index in [0.29, 0.717) is 0 Å². The molecule has 2 unspecified atom stereocenters. The van der Waals surface area contributed by atoms with Gasteiger partial charge in [-0.15, -0.1) is 6.58 Å². The molecule has 2 atom stereocenters. The molecule has 1 aliphatic rings. The first-order chi connectivity index (χ1) is 7.38. The molecule has 15 heavy (non-hydrogen) atoms. The molecule has 0 aromatic carbocycles. The summed E-state index contributed by atoms with van der Waals surface area (Å²) in [7, 11) is 2.12. The number of thioether (sulfide) groups is 1. The van der Waals surface area contributed by atoms with Crippen LogP contribution in [0.3, 0.4) is 0 Å². The van der Waals surface area contributed by atoms with Crippen LogP contribution in [0.1, 0.15) is 44.9 Å². The van der Waals surface area contributed by atoms with Gasteiger partial charge in [0.1, 0.15) is 0 Å². The molecule has 0 bridgehead atoms. The van der Waals surface area contributed by atoms with E-state index in [9.17, 15) is 0 Å². The van der Waals surface area contributed by atoms with E-state index in [1.165, 1.54) is 50.7 Å². The molecule has 1 rings (SSSR count). The maximum atomic E-state index is 3.76. The van der Waals surface area contributed by atoms with Gasteiger partial charge < -0.3 is 5.32 Å². The summed E-state index contributed by atoms with van der Waals surface area (Å²) in [6.45, 7) is 3.76. The van der Waals surface area contributed by atoms with Crippen LogP contribution >= 0.6 is 11.8 Å². The molecule has 1 fully saturated rings. The fourth-order valence-corrected chi connectivity index (χ4v) is 3.74. The monoisotopic (exact) mass is 227 g/mol. The van der Waals surface area contributed by atoms with E-state index in [4.69, 9.17) is 0 Å². The number of unbranched alkanes of at least 4 members (excludes halogenated alkanes) is 3. The second-order valence-corrected chi connectivity index (χ2v) is 5.72. The number of nitrogens with one attached hydrogen (secondary N) is 1. The Balaban J connectivity index is 2.07. The van der Waals surface area contributed by atoms with E-state index in [2.05, 4.69) is 30.7 Å². The highest BCUT2D eigenvalue weighted by molar-refractivity contribution is 8.00. The highest BCUT2D eigenvalue weighted by Crippen LogP contribution is 2.30. The minimum absolute atomic E-state index is 0.751. The molecule has 88 valence electrons. The Bertz CT molecular complexity index is 164. The Morgan fingerprint density at radius 3 is 2.93 bits per heavy atom. The van der Waals surface area contributed by atoms with Gasteiger partial charge in [-0.1, -0.05) is 18.9 Å². The molecule has 1 saturated heterocycles. The van der Waals surface area contributed by atoms with Crippen molar-refractivity contribution in [3.63, 3.8) is 0 Å². The lowest BCUT2D eigenvalue weighted by molar-refractivity contribution is 0.467. The summed E-state index contributed by atoms with van der Waals surface area (Å²) in [5.74, 6) is 1.37. The maximum Gasteiger partial charge on any atom is 0.0201 e.